The summed E-state index contributed by atoms with van der Waals surface area (Å²) in [7, 11) is 1.67. The van der Waals surface area contributed by atoms with Gasteiger partial charge in [-0.25, -0.2) is 4.98 Å². The molecular formula is C18H19N5O3. The zero-order chi connectivity index (χ0) is 17.9. The zero-order valence-corrected chi connectivity index (χ0v) is 14.4. The van der Waals surface area contributed by atoms with Gasteiger partial charge in [-0.05, 0) is 30.2 Å². The first-order valence-electron chi connectivity index (χ1n) is 8.40. The summed E-state index contributed by atoms with van der Waals surface area (Å²) in [6, 6.07) is 5.83. The lowest BCUT2D eigenvalue weighted by atomic mass is 10.0. The highest BCUT2D eigenvalue weighted by atomic mass is 16.5. The first-order valence-corrected chi connectivity index (χ1v) is 8.40. The van der Waals surface area contributed by atoms with Crippen LogP contribution >= 0.6 is 0 Å². The topological polar surface area (TPSA) is 102 Å². The number of H-pyrrole nitrogens is 1. The highest BCUT2D eigenvalue weighted by molar-refractivity contribution is 5.93. The maximum Gasteiger partial charge on any atom is 0.212 e. The summed E-state index contributed by atoms with van der Waals surface area (Å²) in [5.41, 5.74) is 4.28. The molecule has 3 aromatic rings. The van der Waals surface area contributed by atoms with Crippen molar-refractivity contribution in [1.29, 1.82) is 0 Å². The number of ether oxygens (including phenoxy) is 2. The van der Waals surface area contributed by atoms with Crippen molar-refractivity contribution < 1.29 is 14.3 Å². The number of anilines is 1. The fraction of sp³-hybridized carbons (Fsp3) is 0.333. The third kappa shape index (κ3) is 3.16. The van der Waals surface area contributed by atoms with Gasteiger partial charge in [-0.1, -0.05) is 0 Å². The Balaban J connectivity index is 1.81. The molecular weight excluding hydrogens is 334 g/mol. The third-order valence-electron chi connectivity index (χ3n) is 4.46. The Hall–Kier alpha value is -2.84. The van der Waals surface area contributed by atoms with Crippen LogP contribution in [-0.2, 0) is 20.9 Å². The second-order valence-corrected chi connectivity index (χ2v) is 6.23. The summed E-state index contributed by atoms with van der Waals surface area (Å²) in [5.74, 6) is 0.748. The molecule has 8 nitrogen and oxygen atoms in total. The van der Waals surface area contributed by atoms with Crippen LogP contribution in [0.3, 0.4) is 0 Å². The Morgan fingerprint density at radius 3 is 3.12 bits per heavy atom. The molecule has 8 heteroatoms. The summed E-state index contributed by atoms with van der Waals surface area (Å²) in [4.78, 5) is 19.7. The maximum absolute atomic E-state index is 10.7. The van der Waals surface area contributed by atoms with Crippen LogP contribution in [0, 0.1) is 0 Å². The summed E-state index contributed by atoms with van der Waals surface area (Å²) in [6.07, 6.45) is 3.20. The van der Waals surface area contributed by atoms with E-state index in [1.54, 1.807) is 19.4 Å². The normalized spacial score (nSPS) is 16.9. The molecule has 1 unspecified atom stereocenters. The predicted molar refractivity (Wildman–Crippen MR) is 95.7 cm³/mol. The van der Waals surface area contributed by atoms with Crippen molar-refractivity contribution >= 4 is 23.1 Å². The molecule has 2 N–H and O–H groups in total. The van der Waals surface area contributed by atoms with Crippen molar-refractivity contribution in [2.75, 3.05) is 25.6 Å². The third-order valence-corrected chi connectivity index (χ3v) is 4.46. The zero-order valence-electron chi connectivity index (χ0n) is 14.4. The van der Waals surface area contributed by atoms with E-state index in [9.17, 15) is 4.79 Å². The largest absolute Gasteiger partial charge is 0.381 e. The molecule has 4 rings (SSSR count). The standard InChI is InChI=1S/C18H19N5O3/c1-25-8-11-4-14(12-2-3-26-9-12)21-15(5-11)18-13-6-17(20-10-24)19-7-16(13)22-23-18/h4-7,10,12H,2-3,8-9H2,1H3,(H,22,23)(H,19,20,24). The summed E-state index contributed by atoms with van der Waals surface area (Å²) in [6.45, 7) is 1.94. The Kier molecular flexibility index (Phi) is 4.59. The van der Waals surface area contributed by atoms with Gasteiger partial charge >= 0.3 is 0 Å². The van der Waals surface area contributed by atoms with E-state index in [1.807, 2.05) is 6.07 Å². The Labute approximate surface area is 149 Å². The number of hydrogen-bond donors (Lipinski definition) is 2. The second-order valence-electron chi connectivity index (χ2n) is 6.23. The Morgan fingerprint density at radius 1 is 1.42 bits per heavy atom. The van der Waals surface area contributed by atoms with Crippen LogP contribution in [0.4, 0.5) is 5.82 Å². The molecule has 1 saturated heterocycles. The number of nitrogens with one attached hydrogen (secondary N) is 2. The molecule has 1 fully saturated rings. The van der Waals surface area contributed by atoms with Crippen molar-refractivity contribution in [2.45, 2.75) is 18.9 Å². The van der Waals surface area contributed by atoms with Gasteiger partial charge in [-0.3, -0.25) is 14.9 Å². The number of nitrogens with zero attached hydrogens (tertiary/aromatic N) is 3. The smallest absolute Gasteiger partial charge is 0.212 e. The van der Waals surface area contributed by atoms with Crippen LogP contribution in [-0.4, -0.2) is 46.9 Å². The molecule has 0 bridgehead atoms. The SMILES string of the molecule is COCc1cc(-c2n[nH]c3cnc(NC=O)cc23)nc(C2CCOC2)c1. The van der Waals surface area contributed by atoms with Crippen molar-refractivity contribution in [1.82, 2.24) is 20.2 Å². The van der Waals surface area contributed by atoms with Crippen LogP contribution in [0.1, 0.15) is 23.6 Å². The number of carbonyl (C=O) groups is 1. The lowest BCUT2D eigenvalue weighted by molar-refractivity contribution is -0.105. The number of amides is 1. The van der Waals surface area contributed by atoms with Gasteiger partial charge in [0, 0.05) is 30.7 Å². The summed E-state index contributed by atoms with van der Waals surface area (Å²) in [5, 5.41) is 10.8. The van der Waals surface area contributed by atoms with Crippen molar-refractivity contribution in [2.24, 2.45) is 0 Å². The first kappa shape index (κ1) is 16.6. The number of fused-ring (bicyclic) bond motifs is 1. The van der Waals surface area contributed by atoms with E-state index in [4.69, 9.17) is 14.5 Å². The van der Waals surface area contributed by atoms with Gasteiger partial charge in [-0.15, -0.1) is 0 Å². The molecule has 1 amide bonds. The molecule has 0 saturated carbocycles. The first-order chi connectivity index (χ1) is 12.8. The molecule has 0 spiro atoms. The molecule has 26 heavy (non-hydrogen) atoms. The number of rotatable bonds is 6. The molecule has 1 atom stereocenters. The number of pyridine rings is 2. The van der Waals surface area contributed by atoms with Crippen LogP contribution in [0.25, 0.3) is 22.3 Å². The summed E-state index contributed by atoms with van der Waals surface area (Å²) >= 11 is 0. The Bertz CT molecular complexity index is 934. The Morgan fingerprint density at radius 2 is 2.35 bits per heavy atom. The number of carbonyl (C=O) groups excluding carboxylic acids is 1. The predicted octanol–water partition coefficient (Wildman–Crippen LogP) is 2.24. The van der Waals surface area contributed by atoms with E-state index >= 15 is 0 Å². The van der Waals surface area contributed by atoms with E-state index in [-0.39, 0.29) is 5.92 Å². The molecule has 1 aliphatic heterocycles. The van der Waals surface area contributed by atoms with Gasteiger partial charge in [0.15, 0.2) is 0 Å². The quantitative estimate of drug-likeness (QED) is 0.659. The highest BCUT2D eigenvalue weighted by Gasteiger charge is 2.21. The van der Waals surface area contributed by atoms with E-state index in [2.05, 4.69) is 26.6 Å². The maximum atomic E-state index is 10.7. The minimum Gasteiger partial charge on any atom is -0.381 e. The van der Waals surface area contributed by atoms with Gasteiger partial charge in [0.1, 0.15) is 11.5 Å². The molecule has 134 valence electrons. The lowest BCUT2D eigenvalue weighted by Gasteiger charge is -2.11. The van der Waals surface area contributed by atoms with E-state index in [0.717, 1.165) is 46.6 Å². The number of hydrogen-bond acceptors (Lipinski definition) is 6. The van der Waals surface area contributed by atoms with Crippen LogP contribution in [0.15, 0.2) is 24.4 Å². The minimum absolute atomic E-state index is 0.282. The van der Waals surface area contributed by atoms with Crippen molar-refractivity contribution in [3.05, 3.63) is 35.7 Å². The van der Waals surface area contributed by atoms with Crippen LogP contribution in [0.2, 0.25) is 0 Å². The summed E-state index contributed by atoms with van der Waals surface area (Å²) < 4.78 is 10.8. The van der Waals surface area contributed by atoms with Gasteiger partial charge in [0.25, 0.3) is 0 Å². The van der Waals surface area contributed by atoms with Gasteiger partial charge < -0.3 is 14.8 Å². The number of methoxy groups -OCH3 is 1. The highest BCUT2D eigenvalue weighted by Crippen LogP contribution is 2.30. The molecule has 0 aromatic carbocycles. The van der Waals surface area contributed by atoms with Crippen molar-refractivity contribution in [3.63, 3.8) is 0 Å². The molecule has 3 aromatic heterocycles. The monoisotopic (exact) mass is 353 g/mol. The lowest BCUT2D eigenvalue weighted by Crippen LogP contribution is -2.04. The van der Waals surface area contributed by atoms with Gasteiger partial charge in [-0.2, -0.15) is 5.10 Å². The van der Waals surface area contributed by atoms with E-state index < -0.39 is 0 Å². The average Bonchev–Trinajstić information content (AvgIpc) is 3.32. The molecule has 0 radical (unpaired) electrons. The van der Waals surface area contributed by atoms with Crippen molar-refractivity contribution in [3.8, 4) is 11.4 Å². The van der Waals surface area contributed by atoms with Gasteiger partial charge in [0.05, 0.1) is 30.6 Å². The number of aromatic nitrogens is 4. The van der Waals surface area contributed by atoms with E-state index in [1.165, 1.54) is 0 Å². The van der Waals surface area contributed by atoms with Gasteiger partial charge in [0.2, 0.25) is 6.41 Å². The second kappa shape index (κ2) is 7.19. The minimum atomic E-state index is 0.282. The van der Waals surface area contributed by atoms with Crippen LogP contribution in [0.5, 0.6) is 0 Å². The molecule has 4 heterocycles. The number of aromatic amines is 1. The van der Waals surface area contributed by atoms with E-state index in [0.29, 0.717) is 25.4 Å². The molecule has 1 aliphatic rings. The molecule has 0 aliphatic carbocycles. The fourth-order valence-corrected chi connectivity index (χ4v) is 3.21. The van der Waals surface area contributed by atoms with Crippen LogP contribution < -0.4 is 5.32 Å². The average molecular weight is 353 g/mol. The fourth-order valence-electron chi connectivity index (χ4n) is 3.21.